The van der Waals surface area contributed by atoms with Crippen LogP contribution in [0.5, 0.6) is 0 Å². The highest BCUT2D eigenvalue weighted by Gasteiger charge is 2.16. The molecule has 8 nitrogen and oxygen atoms in total. The van der Waals surface area contributed by atoms with Crippen molar-refractivity contribution in [3.63, 3.8) is 0 Å². The second-order valence-electron chi connectivity index (χ2n) is 9.93. The first kappa shape index (κ1) is 24.5. The van der Waals surface area contributed by atoms with Gasteiger partial charge >= 0.3 is 6.09 Å². The Kier molecular flexibility index (Phi) is 6.92. The first-order valence-corrected chi connectivity index (χ1v) is 12.4. The Bertz CT molecular complexity index is 1390. The van der Waals surface area contributed by atoms with Gasteiger partial charge in [-0.3, -0.25) is 5.32 Å². The number of rotatable bonds is 5. The number of nitrogens with zero attached hydrogens (tertiary/aromatic N) is 3. The molecule has 4 aromatic rings. The third kappa shape index (κ3) is 6.16. The van der Waals surface area contributed by atoms with E-state index in [1.54, 1.807) is 6.33 Å². The second-order valence-corrected chi connectivity index (χ2v) is 9.93. The Balaban J connectivity index is 1.37. The van der Waals surface area contributed by atoms with Crippen LogP contribution in [0, 0.1) is 0 Å². The van der Waals surface area contributed by atoms with Crippen molar-refractivity contribution in [1.82, 2.24) is 9.97 Å². The van der Waals surface area contributed by atoms with Crippen LogP contribution in [-0.2, 0) is 9.47 Å². The fraction of sp³-hybridized carbons (Fsp3) is 0.276. The molecule has 37 heavy (non-hydrogen) atoms. The lowest BCUT2D eigenvalue weighted by atomic mass is 10.0. The summed E-state index contributed by atoms with van der Waals surface area (Å²) in [6.45, 7) is 8.84. The van der Waals surface area contributed by atoms with E-state index >= 15 is 0 Å². The zero-order valence-corrected chi connectivity index (χ0v) is 21.3. The average Bonchev–Trinajstić information content (AvgIpc) is 2.89. The van der Waals surface area contributed by atoms with Crippen molar-refractivity contribution < 1.29 is 14.3 Å². The molecule has 0 radical (unpaired) electrons. The quantitative estimate of drug-likeness (QED) is 0.338. The van der Waals surface area contributed by atoms with Gasteiger partial charge in [0.2, 0.25) is 0 Å². The topological polar surface area (TPSA) is 88.6 Å². The summed E-state index contributed by atoms with van der Waals surface area (Å²) in [5, 5.41) is 7.16. The smallest absolute Gasteiger partial charge is 0.412 e. The molecule has 190 valence electrons. The molecule has 8 heteroatoms. The molecule has 1 aromatic heterocycles. The summed E-state index contributed by atoms with van der Waals surface area (Å²) in [5.41, 5.74) is 5.02. The zero-order chi connectivity index (χ0) is 25.8. The van der Waals surface area contributed by atoms with Gasteiger partial charge in [0, 0.05) is 35.5 Å². The lowest BCUT2D eigenvalue weighted by Gasteiger charge is -2.28. The van der Waals surface area contributed by atoms with Gasteiger partial charge in [-0.15, -0.1) is 0 Å². The van der Waals surface area contributed by atoms with E-state index in [2.05, 4.69) is 55.8 Å². The second kappa shape index (κ2) is 10.4. The summed E-state index contributed by atoms with van der Waals surface area (Å²) in [6.07, 6.45) is 1.08. The van der Waals surface area contributed by atoms with E-state index in [9.17, 15) is 4.79 Å². The predicted octanol–water partition coefficient (Wildman–Crippen LogP) is 6.22. The van der Waals surface area contributed by atoms with Crippen LogP contribution in [-0.4, -0.2) is 48.0 Å². The molecule has 1 saturated heterocycles. The van der Waals surface area contributed by atoms with E-state index in [-0.39, 0.29) is 0 Å². The summed E-state index contributed by atoms with van der Waals surface area (Å²) >= 11 is 0. The Morgan fingerprint density at radius 1 is 0.919 bits per heavy atom. The molecule has 1 amide bonds. The first-order chi connectivity index (χ1) is 17.8. The van der Waals surface area contributed by atoms with Gasteiger partial charge in [0.1, 0.15) is 17.7 Å². The van der Waals surface area contributed by atoms with Crippen LogP contribution in [0.4, 0.5) is 27.7 Å². The van der Waals surface area contributed by atoms with Crippen LogP contribution in [0.15, 0.2) is 73.1 Å². The first-order valence-electron chi connectivity index (χ1n) is 12.4. The molecule has 3 aromatic carbocycles. The summed E-state index contributed by atoms with van der Waals surface area (Å²) in [7, 11) is 0. The maximum absolute atomic E-state index is 12.2. The summed E-state index contributed by atoms with van der Waals surface area (Å²) in [5.74, 6) is 0.731. The molecule has 1 aliphatic rings. The summed E-state index contributed by atoms with van der Waals surface area (Å²) in [6, 6.07) is 22.1. The molecule has 2 heterocycles. The van der Waals surface area contributed by atoms with Gasteiger partial charge < -0.3 is 19.7 Å². The number of carbonyl (C=O) groups excluding carboxylic acids is 1. The molecule has 0 spiro atoms. The monoisotopic (exact) mass is 497 g/mol. The van der Waals surface area contributed by atoms with E-state index in [1.807, 2.05) is 57.2 Å². The minimum atomic E-state index is -0.563. The van der Waals surface area contributed by atoms with Crippen LogP contribution in [0.1, 0.15) is 20.8 Å². The van der Waals surface area contributed by atoms with Crippen LogP contribution in [0.25, 0.3) is 22.0 Å². The van der Waals surface area contributed by atoms with Gasteiger partial charge in [-0.2, -0.15) is 0 Å². The normalized spacial score (nSPS) is 13.9. The van der Waals surface area contributed by atoms with Gasteiger partial charge in [-0.05, 0) is 80.4 Å². The number of fused-ring (bicyclic) bond motifs is 1. The minimum absolute atomic E-state index is 0.484. The zero-order valence-electron chi connectivity index (χ0n) is 21.3. The van der Waals surface area contributed by atoms with Crippen LogP contribution in [0.3, 0.4) is 0 Å². The Morgan fingerprint density at radius 3 is 2.43 bits per heavy atom. The Labute approximate surface area is 216 Å². The molecule has 0 saturated carbocycles. The number of anilines is 4. The van der Waals surface area contributed by atoms with E-state index < -0.39 is 11.7 Å². The fourth-order valence-corrected chi connectivity index (χ4v) is 4.25. The van der Waals surface area contributed by atoms with E-state index in [1.165, 1.54) is 5.69 Å². The van der Waals surface area contributed by atoms with Gasteiger partial charge in [0.05, 0.1) is 18.7 Å². The number of nitrogens with one attached hydrogen (secondary N) is 2. The maximum atomic E-state index is 12.2. The Hall–Kier alpha value is -4.17. The van der Waals surface area contributed by atoms with Crippen LogP contribution in [0.2, 0.25) is 0 Å². The lowest BCUT2D eigenvalue weighted by molar-refractivity contribution is 0.0636. The van der Waals surface area contributed by atoms with Crippen molar-refractivity contribution in [3.8, 4) is 11.1 Å². The largest absolute Gasteiger partial charge is 0.444 e. The number of hydrogen-bond donors (Lipinski definition) is 2. The van der Waals surface area contributed by atoms with Crippen LogP contribution >= 0.6 is 0 Å². The number of carbonyl (C=O) groups is 1. The SMILES string of the molecule is CC(C)(C)OC(=O)Nc1cccc(-c2ccc3ncnc(Nc4ccc(N5CCOCC5)cc4)c3c2)c1. The van der Waals surface area contributed by atoms with Crippen molar-refractivity contribution in [2.24, 2.45) is 0 Å². The minimum Gasteiger partial charge on any atom is -0.444 e. The molecule has 0 bridgehead atoms. The maximum Gasteiger partial charge on any atom is 0.412 e. The molecule has 0 atom stereocenters. The molecule has 0 unspecified atom stereocenters. The summed E-state index contributed by atoms with van der Waals surface area (Å²) < 4.78 is 10.8. The molecule has 2 N–H and O–H groups in total. The third-order valence-electron chi connectivity index (χ3n) is 5.98. The number of hydrogen-bond acceptors (Lipinski definition) is 7. The molecular formula is C29H31N5O3. The third-order valence-corrected chi connectivity index (χ3v) is 5.98. The van der Waals surface area contributed by atoms with Crippen molar-refractivity contribution in [2.45, 2.75) is 26.4 Å². The van der Waals surface area contributed by atoms with Gasteiger partial charge in [0.25, 0.3) is 0 Å². The lowest BCUT2D eigenvalue weighted by Crippen LogP contribution is -2.36. The highest BCUT2D eigenvalue weighted by Crippen LogP contribution is 2.30. The molecule has 5 rings (SSSR count). The van der Waals surface area contributed by atoms with Crippen LogP contribution < -0.4 is 15.5 Å². The Morgan fingerprint density at radius 2 is 1.68 bits per heavy atom. The van der Waals surface area contributed by atoms with Gasteiger partial charge in [-0.25, -0.2) is 14.8 Å². The van der Waals surface area contributed by atoms with Crippen molar-refractivity contribution in [3.05, 3.63) is 73.1 Å². The molecule has 1 fully saturated rings. The molecule has 1 aliphatic heterocycles. The van der Waals surface area contributed by atoms with Gasteiger partial charge in [0.15, 0.2) is 0 Å². The number of morpholine rings is 1. The van der Waals surface area contributed by atoms with E-state index in [0.717, 1.165) is 59.8 Å². The average molecular weight is 498 g/mol. The highest BCUT2D eigenvalue weighted by atomic mass is 16.6. The highest BCUT2D eigenvalue weighted by molar-refractivity contribution is 5.94. The number of benzene rings is 3. The van der Waals surface area contributed by atoms with E-state index in [4.69, 9.17) is 9.47 Å². The number of aromatic nitrogens is 2. The fourth-order valence-electron chi connectivity index (χ4n) is 4.25. The molecule has 0 aliphatic carbocycles. The number of ether oxygens (including phenoxy) is 2. The van der Waals surface area contributed by atoms with Gasteiger partial charge in [-0.1, -0.05) is 18.2 Å². The standard InChI is InChI=1S/C29H31N5O3/c1-29(2,3)37-28(35)33-23-6-4-5-20(17-23)21-7-12-26-25(18-21)27(31-19-30-26)32-22-8-10-24(11-9-22)34-13-15-36-16-14-34/h4-12,17-19H,13-16H2,1-3H3,(H,33,35)(H,30,31,32). The predicted molar refractivity (Wildman–Crippen MR) is 148 cm³/mol. The van der Waals surface area contributed by atoms with E-state index in [0.29, 0.717) is 5.69 Å². The van der Waals surface area contributed by atoms with Crippen molar-refractivity contribution in [2.75, 3.05) is 41.8 Å². The molecular weight excluding hydrogens is 466 g/mol. The summed E-state index contributed by atoms with van der Waals surface area (Å²) in [4.78, 5) is 23.5. The number of amides is 1. The van der Waals surface area contributed by atoms with Crippen molar-refractivity contribution in [1.29, 1.82) is 0 Å². The van der Waals surface area contributed by atoms with Crippen molar-refractivity contribution >= 4 is 39.9 Å².